The Morgan fingerprint density at radius 2 is 2.19 bits per heavy atom. The van der Waals surface area contributed by atoms with E-state index in [0.29, 0.717) is 44.2 Å². The van der Waals surface area contributed by atoms with Crippen molar-refractivity contribution in [3.63, 3.8) is 0 Å². The molecule has 2 aliphatic rings. The Balaban J connectivity index is 1.62. The van der Waals surface area contributed by atoms with Gasteiger partial charge in [0.15, 0.2) is 0 Å². The van der Waals surface area contributed by atoms with E-state index in [0.717, 1.165) is 17.7 Å². The van der Waals surface area contributed by atoms with Gasteiger partial charge in [-0.05, 0) is 30.3 Å². The summed E-state index contributed by atoms with van der Waals surface area (Å²) in [5.74, 6) is 0.697. The summed E-state index contributed by atoms with van der Waals surface area (Å²) in [4.78, 5) is 19.3. The van der Waals surface area contributed by atoms with Crippen LogP contribution in [0.3, 0.4) is 0 Å². The molecule has 1 aromatic carbocycles. The Kier molecular flexibility index (Phi) is 4.61. The summed E-state index contributed by atoms with van der Waals surface area (Å²) in [5.41, 5.74) is 1.87. The SMILES string of the molecule is COc1ccc(C(=O)N2CCOC3(CCOC3)C2)cc1-c1ccccn1. The first-order chi connectivity index (χ1) is 12.7. The summed E-state index contributed by atoms with van der Waals surface area (Å²) in [5, 5.41) is 0. The van der Waals surface area contributed by atoms with Gasteiger partial charge in [-0.3, -0.25) is 9.78 Å². The minimum absolute atomic E-state index is 0.000547. The van der Waals surface area contributed by atoms with Crippen molar-refractivity contribution >= 4 is 5.91 Å². The van der Waals surface area contributed by atoms with Gasteiger partial charge in [0.25, 0.3) is 5.91 Å². The van der Waals surface area contributed by atoms with Crippen LogP contribution in [0.15, 0.2) is 42.6 Å². The molecule has 4 rings (SSSR count). The van der Waals surface area contributed by atoms with Gasteiger partial charge in [-0.1, -0.05) is 6.07 Å². The molecule has 6 nitrogen and oxygen atoms in total. The second-order valence-corrected chi connectivity index (χ2v) is 6.69. The molecule has 1 unspecified atom stereocenters. The van der Waals surface area contributed by atoms with Crippen LogP contribution in [0.5, 0.6) is 5.75 Å². The van der Waals surface area contributed by atoms with Gasteiger partial charge in [0, 0.05) is 36.9 Å². The Morgan fingerprint density at radius 3 is 2.92 bits per heavy atom. The topological polar surface area (TPSA) is 60.9 Å². The van der Waals surface area contributed by atoms with Crippen molar-refractivity contribution in [3.8, 4) is 17.0 Å². The minimum atomic E-state index is -0.343. The van der Waals surface area contributed by atoms with Crippen LogP contribution in [0.1, 0.15) is 16.8 Å². The van der Waals surface area contributed by atoms with Crippen LogP contribution in [0, 0.1) is 0 Å². The van der Waals surface area contributed by atoms with E-state index in [1.54, 1.807) is 19.4 Å². The summed E-state index contributed by atoms with van der Waals surface area (Å²) in [6, 6.07) is 11.2. The molecule has 0 aliphatic carbocycles. The van der Waals surface area contributed by atoms with Crippen LogP contribution >= 0.6 is 0 Å². The van der Waals surface area contributed by atoms with Gasteiger partial charge in [0.05, 0.1) is 32.6 Å². The number of amides is 1. The van der Waals surface area contributed by atoms with E-state index in [4.69, 9.17) is 14.2 Å². The maximum atomic E-state index is 13.1. The minimum Gasteiger partial charge on any atom is -0.496 e. The van der Waals surface area contributed by atoms with E-state index < -0.39 is 0 Å². The number of morpholine rings is 1. The Labute approximate surface area is 152 Å². The first-order valence-corrected chi connectivity index (χ1v) is 8.81. The van der Waals surface area contributed by atoms with Crippen molar-refractivity contribution < 1.29 is 19.0 Å². The van der Waals surface area contributed by atoms with Gasteiger partial charge < -0.3 is 19.1 Å². The second kappa shape index (κ2) is 7.05. The molecule has 2 aromatic rings. The highest BCUT2D eigenvalue weighted by atomic mass is 16.6. The summed E-state index contributed by atoms with van der Waals surface area (Å²) in [6.07, 6.45) is 2.56. The number of carbonyl (C=O) groups is 1. The smallest absolute Gasteiger partial charge is 0.254 e. The van der Waals surface area contributed by atoms with Crippen molar-refractivity contribution in [1.82, 2.24) is 9.88 Å². The van der Waals surface area contributed by atoms with Crippen LogP contribution in [-0.4, -0.2) is 61.4 Å². The molecule has 0 bridgehead atoms. The second-order valence-electron chi connectivity index (χ2n) is 6.69. The van der Waals surface area contributed by atoms with Crippen molar-refractivity contribution in [2.24, 2.45) is 0 Å². The van der Waals surface area contributed by atoms with Crippen molar-refractivity contribution in [2.75, 3.05) is 40.0 Å². The van der Waals surface area contributed by atoms with Crippen LogP contribution in [0.2, 0.25) is 0 Å². The van der Waals surface area contributed by atoms with Gasteiger partial charge in [-0.2, -0.15) is 0 Å². The molecule has 2 saturated heterocycles. The Morgan fingerprint density at radius 1 is 1.27 bits per heavy atom. The summed E-state index contributed by atoms with van der Waals surface area (Å²) in [7, 11) is 1.62. The lowest BCUT2D eigenvalue weighted by Crippen LogP contribution is -2.54. The third-order valence-corrected chi connectivity index (χ3v) is 4.99. The molecule has 2 fully saturated rings. The van der Waals surface area contributed by atoms with E-state index in [2.05, 4.69) is 4.98 Å². The first kappa shape index (κ1) is 17.0. The van der Waals surface area contributed by atoms with Gasteiger partial charge in [-0.15, -0.1) is 0 Å². The van der Waals surface area contributed by atoms with Crippen molar-refractivity contribution in [1.29, 1.82) is 0 Å². The molecule has 0 radical (unpaired) electrons. The number of aromatic nitrogens is 1. The number of hydrogen-bond donors (Lipinski definition) is 0. The fourth-order valence-corrected chi connectivity index (χ4v) is 3.59. The molecule has 1 amide bonds. The predicted molar refractivity (Wildman–Crippen MR) is 96.2 cm³/mol. The highest BCUT2D eigenvalue weighted by Gasteiger charge is 2.41. The highest BCUT2D eigenvalue weighted by molar-refractivity contribution is 5.96. The lowest BCUT2D eigenvalue weighted by Gasteiger charge is -2.39. The molecular weight excluding hydrogens is 332 g/mol. The maximum absolute atomic E-state index is 13.1. The fourth-order valence-electron chi connectivity index (χ4n) is 3.59. The Bertz CT molecular complexity index is 788. The fraction of sp³-hybridized carbons (Fsp3) is 0.400. The molecule has 26 heavy (non-hydrogen) atoms. The number of rotatable bonds is 3. The molecule has 3 heterocycles. The lowest BCUT2D eigenvalue weighted by molar-refractivity contribution is -0.0995. The molecule has 0 N–H and O–H groups in total. The molecule has 0 saturated carbocycles. The van der Waals surface area contributed by atoms with E-state index >= 15 is 0 Å². The third-order valence-electron chi connectivity index (χ3n) is 4.99. The number of hydrogen-bond acceptors (Lipinski definition) is 5. The zero-order valence-corrected chi connectivity index (χ0v) is 14.8. The highest BCUT2D eigenvalue weighted by Crippen LogP contribution is 2.31. The van der Waals surface area contributed by atoms with Crippen molar-refractivity contribution in [3.05, 3.63) is 48.2 Å². The molecule has 1 atom stereocenters. The summed E-state index contributed by atoms with van der Waals surface area (Å²) >= 11 is 0. The molecule has 2 aliphatic heterocycles. The molecule has 1 aromatic heterocycles. The number of nitrogens with zero attached hydrogens (tertiary/aromatic N) is 2. The van der Waals surface area contributed by atoms with E-state index in [1.165, 1.54) is 0 Å². The zero-order valence-electron chi connectivity index (χ0n) is 14.8. The lowest BCUT2D eigenvalue weighted by atomic mass is 9.99. The van der Waals surface area contributed by atoms with Gasteiger partial charge in [-0.25, -0.2) is 0 Å². The van der Waals surface area contributed by atoms with Gasteiger partial charge >= 0.3 is 0 Å². The average molecular weight is 354 g/mol. The molecule has 136 valence electrons. The normalized spacial score (nSPS) is 22.6. The summed E-state index contributed by atoms with van der Waals surface area (Å²) in [6.45, 7) is 2.94. The monoisotopic (exact) mass is 354 g/mol. The summed E-state index contributed by atoms with van der Waals surface area (Å²) < 4.78 is 16.9. The average Bonchev–Trinajstić information content (AvgIpc) is 3.15. The number of benzene rings is 1. The quantitative estimate of drug-likeness (QED) is 0.847. The van der Waals surface area contributed by atoms with Crippen LogP contribution < -0.4 is 4.74 Å². The van der Waals surface area contributed by atoms with Crippen LogP contribution in [0.4, 0.5) is 0 Å². The van der Waals surface area contributed by atoms with Gasteiger partial charge in [0.1, 0.15) is 11.4 Å². The van der Waals surface area contributed by atoms with E-state index in [1.807, 2.05) is 35.2 Å². The molecule has 6 heteroatoms. The Hall–Kier alpha value is -2.44. The molecular formula is C20H22N2O4. The number of carbonyl (C=O) groups excluding carboxylic acids is 1. The molecule has 1 spiro atoms. The van der Waals surface area contributed by atoms with Crippen LogP contribution in [-0.2, 0) is 9.47 Å². The number of methoxy groups -OCH3 is 1. The van der Waals surface area contributed by atoms with Crippen LogP contribution in [0.25, 0.3) is 11.3 Å². The van der Waals surface area contributed by atoms with E-state index in [9.17, 15) is 4.79 Å². The first-order valence-electron chi connectivity index (χ1n) is 8.81. The maximum Gasteiger partial charge on any atom is 0.254 e. The number of pyridine rings is 1. The predicted octanol–water partition coefficient (Wildman–Crippen LogP) is 2.39. The van der Waals surface area contributed by atoms with Crippen molar-refractivity contribution in [2.45, 2.75) is 12.0 Å². The van der Waals surface area contributed by atoms with E-state index in [-0.39, 0.29) is 11.5 Å². The third kappa shape index (κ3) is 3.18. The zero-order chi connectivity index (χ0) is 18.0. The standard InChI is InChI=1S/C20H22N2O4/c1-24-18-6-5-15(12-16(18)17-4-2-3-8-21-17)19(23)22-9-11-26-20(13-22)7-10-25-14-20/h2-6,8,12H,7,9-11,13-14H2,1H3. The largest absolute Gasteiger partial charge is 0.496 e. The number of ether oxygens (including phenoxy) is 3. The van der Waals surface area contributed by atoms with Gasteiger partial charge in [0.2, 0.25) is 0 Å².